The fourth-order valence-corrected chi connectivity index (χ4v) is 2.20. The minimum atomic E-state index is -0.922. The number of aryl methyl sites for hydroxylation is 1. The molecule has 0 aliphatic carbocycles. The van der Waals surface area contributed by atoms with E-state index in [2.05, 4.69) is 4.98 Å². The first-order valence-corrected chi connectivity index (χ1v) is 6.83. The molecule has 1 aromatic rings. The molecule has 1 N–H and O–H groups in total. The summed E-state index contributed by atoms with van der Waals surface area (Å²) in [6.07, 6.45) is 2.26. The van der Waals surface area contributed by atoms with Crippen molar-refractivity contribution in [1.29, 1.82) is 0 Å². The molecule has 0 amide bonds. The number of nitro groups is 1. The van der Waals surface area contributed by atoms with E-state index in [1.165, 1.54) is 6.20 Å². The van der Waals surface area contributed by atoms with E-state index in [0.29, 0.717) is 16.8 Å². The van der Waals surface area contributed by atoms with E-state index in [1.54, 1.807) is 18.7 Å². The molecule has 0 aromatic carbocycles. The van der Waals surface area contributed by atoms with Crippen molar-refractivity contribution in [3.8, 4) is 0 Å². The maximum atomic E-state index is 11.1. The molecular weight excluding hydrogens is 274 g/mol. The van der Waals surface area contributed by atoms with Gasteiger partial charge in [-0.1, -0.05) is 6.92 Å². The SMILES string of the molecule is CCC(C)N(CC(=O)O)Cc1ncc(C)c([N+](=O)[O-])c1C. The van der Waals surface area contributed by atoms with Crippen LogP contribution in [0.25, 0.3) is 0 Å². The summed E-state index contributed by atoms with van der Waals surface area (Å²) < 4.78 is 0. The molecule has 21 heavy (non-hydrogen) atoms. The molecule has 1 unspecified atom stereocenters. The first-order chi connectivity index (χ1) is 9.77. The molecule has 0 radical (unpaired) electrons. The minimum absolute atomic E-state index is 0.0550. The van der Waals surface area contributed by atoms with Gasteiger partial charge in [-0.2, -0.15) is 0 Å². The quantitative estimate of drug-likeness (QED) is 0.612. The van der Waals surface area contributed by atoms with Crippen LogP contribution in [0.1, 0.15) is 37.1 Å². The summed E-state index contributed by atoms with van der Waals surface area (Å²) in [5, 5.41) is 20.1. The van der Waals surface area contributed by atoms with Crippen LogP contribution in [-0.2, 0) is 11.3 Å². The van der Waals surface area contributed by atoms with E-state index in [0.717, 1.165) is 6.42 Å². The lowest BCUT2D eigenvalue weighted by Crippen LogP contribution is -2.37. The Labute approximate surface area is 123 Å². The highest BCUT2D eigenvalue weighted by atomic mass is 16.6. The van der Waals surface area contributed by atoms with Gasteiger partial charge in [-0.25, -0.2) is 0 Å². The smallest absolute Gasteiger partial charge is 0.317 e. The van der Waals surface area contributed by atoms with Crippen LogP contribution in [0.2, 0.25) is 0 Å². The molecule has 1 rings (SSSR count). The first-order valence-electron chi connectivity index (χ1n) is 6.83. The number of hydrogen-bond acceptors (Lipinski definition) is 5. The van der Waals surface area contributed by atoms with Gasteiger partial charge in [0.05, 0.1) is 17.2 Å². The van der Waals surface area contributed by atoms with Gasteiger partial charge >= 0.3 is 5.97 Å². The Balaban J connectivity index is 3.12. The van der Waals surface area contributed by atoms with Crippen LogP contribution in [0.5, 0.6) is 0 Å². The van der Waals surface area contributed by atoms with Crippen molar-refractivity contribution in [1.82, 2.24) is 9.88 Å². The van der Waals surface area contributed by atoms with Crippen molar-refractivity contribution in [3.05, 3.63) is 33.1 Å². The van der Waals surface area contributed by atoms with Gasteiger partial charge in [0.1, 0.15) is 0 Å². The van der Waals surface area contributed by atoms with E-state index in [-0.39, 0.29) is 24.8 Å². The lowest BCUT2D eigenvalue weighted by Gasteiger charge is -2.26. The molecule has 116 valence electrons. The summed E-state index contributed by atoms with van der Waals surface area (Å²) in [6, 6.07) is 0.0580. The van der Waals surface area contributed by atoms with Crippen LogP contribution in [0.3, 0.4) is 0 Å². The summed E-state index contributed by atoms with van der Waals surface area (Å²) in [6.45, 7) is 7.37. The Morgan fingerprint density at radius 1 is 1.52 bits per heavy atom. The van der Waals surface area contributed by atoms with Crippen molar-refractivity contribution < 1.29 is 14.8 Å². The van der Waals surface area contributed by atoms with E-state index in [1.807, 2.05) is 13.8 Å². The number of carboxylic acids is 1. The number of aliphatic carboxylic acids is 1. The van der Waals surface area contributed by atoms with Gasteiger partial charge in [0.2, 0.25) is 0 Å². The third-order valence-corrected chi connectivity index (χ3v) is 3.66. The summed E-state index contributed by atoms with van der Waals surface area (Å²) in [4.78, 5) is 27.7. The third kappa shape index (κ3) is 4.22. The zero-order valence-electron chi connectivity index (χ0n) is 12.8. The van der Waals surface area contributed by atoms with Gasteiger partial charge in [-0.15, -0.1) is 0 Å². The largest absolute Gasteiger partial charge is 0.480 e. The molecular formula is C14H21N3O4. The fourth-order valence-electron chi connectivity index (χ4n) is 2.20. The third-order valence-electron chi connectivity index (χ3n) is 3.66. The predicted octanol–water partition coefficient (Wildman–Crippen LogP) is 2.29. The summed E-state index contributed by atoms with van der Waals surface area (Å²) in [5.41, 5.74) is 1.61. The van der Waals surface area contributed by atoms with Crippen LogP contribution < -0.4 is 0 Å². The van der Waals surface area contributed by atoms with Gasteiger partial charge in [-0.3, -0.25) is 24.8 Å². The maximum absolute atomic E-state index is 11.1. The van der Waals surface area contributed by atoms with Crippen LogP contribution >= 0.6 is 0 Å². The Morgan fingerprint density at radius 2 is 2.14 bits per heavy atom. The molecule has 0 saturated carbocycles. The van der Waals surface area contributed by atoms with Crippen molar-refractivity contribution in [2.24, 2.45) is 0 Å². The molecule has 0 bridgehead atoms. The normalized spacial score (nSPS) is 12.4. The second kappa shape index (κ2) is 7.12. The lowest BCUT2D eigenvalue weighted by molar-refractivity contribution is -0.386. The van der Waals surface area contributed by atoms with E-state index in [9.17, 15) is 14.9 Å². The summed E-state index contributed by atoms with van der Waals surface area (Å²) in [7, 11) is 0. The van der Waals surface area contributed by atoms with Gasteiger partial charge < -0.3 is 5.11 Å². The number of rotatable bonds is 7. The van der Waals surface area contributed by atoms with Crippen LogP contribution in [0, 0.1) is 24.0 Å². The summed E-state index contributed by atoms with van der Waals surface area (Å²) >= 11 is 0. The zero-order chi connectivity index (χ0) is 16.2. The zero-order valence-corrected chi connectivity index (χ0v) is 12.8. The number of carboxylic acid groups (broad SMARTS) is 1. The Hall–Kier alpha value is -2.02. The molecule has 1 heterocycles. The number of hydrogen-bond donors (Lipinski definition) is 1. The van der Waals surface area contributed by atoms with Gasteiger partial charge in [0.15, 0.2) is 0 Å². The van der Waals surface area contributed by atoms with Crippen LogP contribution in [0.4, 0.5) is 5.69 Å². The van der Waals surface area contributed by atoms with Crippen molar-refractivity contribution in [2.75, 3.05) is 6.54 Å². The highest BCUT2D eigenvalue weighted by Crippen LogP contribution is 2.25. The average Bonchev–Trinajstić information content (AvgIpc) is 2.39. The Kier molecular flexibility index (Phi) is 5.78. The van der Waals surface area contributed by atoms with Gasteiger partial charge in [0, 0.05) is 29.9 Å². The molecule has 0 saturated heterocycles. The van der Waals surface area contributed by atoms with Crippen molar-refractivity contribution >= 4 is 11.7 Å². The first kappa shape index (κ1) is 17.0. The molecule has 1 aromatic heterocycles. The minimum Gasteiger partial charge on any atom is -0.480 e. The second-order valence-electron chi connectivity index (χ2n) is 5.17. The Morgan fingerprint density at radius 3 is 2.62 bits per heavy atom. The number of carbonyl (C=O) groups is 1. The topological polar surface area (TPSA) is 96.6 Å². The molecule has 7 heteroatoms. The number of pyridine rings is 1. The molecule has 0 fully saturated rings. The lowest BCUT2D eigenvalue weighted by atomic mass is 10.1. The molecule has 7 nitrogen and oxygen atoms in total. The Bertz CT molecular complexity index is 545. The van der Waals surface area contributed by atoms with Crippen LogP contribution in [0.15, 0.2) is 6.20 Å². The highest BCUT2D eigenvalue weighted by Gasteiger charge is 2.22. The summed E-state index contributed by atoms with van der Waals surface area (Å²) in [5.74, 6) is -0.922. The van der Waals surface area contributed by atoms with E-state index in [4.69, 9.17) is 5.11 Å². The van der Waals surface area contributed by atoms with E-state index >= 15 is 0 Å². The van der Waals surface area contributed by atoms with Gasteiger partial charge in [0.25, 0.3) is 5.69 Å². The molecule has 1 atom stereocenters. The molecule has 0 aliphatic rings. The predicted molar refractivity (Wildman–Crippen MR) is 78.2 cm³/mol. The number of aromatic nitrogens is 1. The second-order valence-corrected chi connectivity index (χ2v) is 5.17. The molecule has 0 spiro atoms. The van der Waals surface area contributed by atoms with Crippen molar-refractivity contribution in [3.63, 3.8) is 0 Å². The average molecular weight is 295 g/mol. The van der Waals surface area contributed by atoms with E-state index < -0.39 is 10.9 Å². The number of nitrogens with zero attached hydrogens (tertiary/aromatic N) is 3. The van der Waals surface area contributed by atoms with Crippen molar-refractivity contribution in [2.45, 2.75) is 46.7 Å². The van der Waals surface area contributed by atoms with Gasteiger partial charge in [-0.05, 0) is 27.2 Å². The standard InChI is InChI=1S/C14H21N3O4/c1-5-10(3)16(8-13(18)19)7-12-11(4)14(17(20)21)9(2)6-15-12/h6,10H,5,7-8H2,1-4H3,(H,18,19). The molecule has 0 aliphatic heterocycles. The van der Waals surface area contributed by atoms with Crippen LogP contribution in [-0.4, -0.2) is 38.5 Å². The fraction of sp³-hybridized carbons (Fsp3) is 0.571. The monoisotopic (exact) mass is 295 g/mol. The maximum Gasteiger partial charge on any atom is 0.317 e. The highest BCUT2D eigenvalue weighted by molar-refractivity contribution is 5.69.